The van der Waals surface area contributed by atoms with Gasteiger partial charge in [-0.15, -0.1) is 5.10 Å². The number of ether oxygens (including phenoxy) is 1. The van der Waals surface area contributed by atoms with Gasteiger partial charge in [0.1, 0.15) is 5.00 Å². The second-order valence-electron chi connectivity index (χ2n) is 3.77. The maximum Gasteiger partial charge on any atom is 0.320 e. The first-order valence-corrected chi connectivity index (χ1v) is 6.29. The molecule has 0 spiro atoms. The van der Waals surface area contributed by atoms with Crippen molar-refractivity contribution in [1.29, 1.82) is 0 Å². The summed E-state index contributed by atoms with van der Waals surface area (Å²) in [6.45, 7) is 0.355. The first-order chi connectivity index (χ1) is 9.20. The van der Waals surface area contributed by atoms with Crippen LogP contribution in [0.1, 0.15) is 11.7 Å². The van der Waals surface area contributed by atoms with Crippen LogP contribution in [0, 0.1) is 0 Å². The molecule has 2 N–H and O–H groups in total. The standard InChI is InChI=1S/C10H14N6O2S/c1-16-8(3-4-12-16)7(6-18-2)13-10(17)14-9-5-11-15-19-9/h3-5,7H,6H2,1-2H3,(H2,13,14,17). The number of aromatic nitrogens is 4. The lowest BCUT2D eigenvalue weighted by atomic mass is 10.2. The van der Waals surface area contributed by atoms with E-state index in [0.717, 1.165) is 17.2 Å². The first kappa shape index (κ1) is 13.4. The highest BCUT2D eigenvalue weighted by atomic mass is 32.1. The molecule has 8 nitrogen and oxygen atoms in total. The van der Waals surface area contributed by atoms with Crippen molar-refractivity contribution in [3.05, 3.63) is 24.2 Å². The molecule has 0 saturated carbocycles. The normalized spacial score (nSPS) is 12.1. The van der Waals surface area contributed by atoms with E-state index in [4.69, 9.17) is 4.74 Å². The fraction of sp³-hybridized carbons (Fsp3) is 0.400. The van der Waals surface area contributed by atoms with E-state index in [0.29, 0.717) is 11.6 Å². The molecule has 9 heteroatoms. The van der Waals surface area contributed by atoms with E-state index in [1.165, 1.54) is 6.20 Å². The van der Waals surface area contributed by atoms with Crippen LogP contribution in [0.5, 0.6) is 0 Å². The Morgan fingerprint density at radius 3 is 3.05 bits per heavy atom. The average Bonchev–Trinajstić information content (AvgIpc) is 3.00. The van der Waals surface area contributed by atoms with Crippen LogP contribution in [-0.2, 0) is 11.8 Å². The minimum atomic E-state index is -0.339. The maximum atomic E-state index is 11.8. The van der Waals surface area contributed by atoms with Crippen molar-refractivity contribution in [2.75, 3.05) is 19.0 Å². The van der Waals surface area contributed by atoms with Gasteiger partial charge in [0.2, 0.25) is 0 Å². The highest BCUT2D eigenvalue weighted by Crippen LogP contribution is 2.13. The summed E-state index contributed by atoms with van der Waals surface area (Å²) in [5.41, 5.74) is 0.861. The minimum absolute atomic E-state index is 0.279. The van der Waals surface area contributed by atoms with Crippen LogP contribution in [0.25, 0.3) is 0 Å². The molecule has 102 valence electrons. The number of hydrogen-bond donors (Lipinski definition) is 2. The van der Waals surface area contributed by atoms with Gasteiger partial charge in [0, 0.05) is 31.9 Å². The second kappa shape index (κ2) is 6.25. The number of nitrogens with zero attached hydrogens (tertiary/aromatic N) is 4. The van der Waals surface area contributed by atoms with Gasteiger partial charge in [-0.1, -0.05) is 4.49 Å². The van der Waals surface area contributed by atoms with E-state index in [-0.39, 0.29) is 12.1 Å². The van der Waals surface area contributed by atoms with Gasteiger partial charge < -0.3 is 10.1 Å². The van der Waals surface area contributed by atoms with Crippen LogP contribution in [0.15, 0.2) is 18.5 Å². The number of nitrogens with one attached hydrogen (secondary N) is 2. The number of rotatable bonds is 5. The number of aryl methyl sites for hydroxylation is 1. The zero-order valence-electron chi connectivity index (χ0n) is 10.5. The van der Waals surface area contributed by atoms with Crippen molar-refractivity contribution >= 4 is 22.6 Å². The lowest BCUT2D eigenvalue weighted by Crippen LogP contribution is -2.35. The molecule has 1 atom stereocenters. The molecule has 0 aliphatic heterocycles. The number of hydrogen-bond acceptors (Lipinski definition) is 6. The molecule has 2 aromatic heterocycles. The predicted octanol–water partition coefficient (Wildman–Crippen LogP) is 0.781. The van der Waals surface area contributed by atoms with E-state index >= 15 is 0 Å². The molecule has 0 radical (unpaired) electrons. The maximum absolute atomic E-state index is 11.8. The van der Waals surface area contributed by atoms with Crippen molar-refractivity contribution in [1.82, 2.24) is 24.7 Å². The van der Waals surface area contributed by atoms with Crippen LogP contribution in [-0.4, -0.2) is 39.1 Å². The Balaban J connectivity index is 2.01. The molecular weight excluding hydrogens is 268 g/mol. The third-order valence-corrected chi connectivity index (χ3v) is 3.03. The summed E-state index contributed by atoms with van der Waals surface area (Å²) in [7, 11) is 3.39. The van der Waals surface area contributed by atoms with Crippen LogP contribution in [0.2, 0.25) is 0 Å². The van der Waals surface area contributed by atoms with Gasteiger partial charge in [0.25, 0.3) is 0 Å². The SMILES string of the molecule is COCC(NC(=O)Nc1cnns1)c1ccnn1C. The van der Waals surface area contributed by atoms with E-state index in [1.54, 1.807) is 18.0 Å². The van der Waals surface area contributed by atoms with Gasteiger partial charge >= 0.3 is 6.03 Å². The van der Waals surface area contributed by atoms with Crippen molar-refractivity contribution in [2.45, 2.75) is 6.04 Å². The Kier molecular flexibility index (Phi) is 4.42. The third-order valence-electron chi connectivity index (χ3n) is 2.45. The van der Waals surface area contributed by atoms with Crippen LogP contribution >= 0.6 is 11.5 Å². The Morgan fingerprint density at radius 1 is 1.63 bits per heavy atom. The van der Waals surface area contributed by atoms with Gasteiger partial charge in [-0.05, 0) is 6.07 Å². The van der Waals surface area contributed by atoms with Crippen LogP contribution in [0.3, 0.4) is 0 Å². The summed E-state index contributed by atoms with van der Waals surface area (Å²) in [6, 6.07) is 1.21. The number of amides is 2. The molecule has 2 rings (SSSR count). The topological polar surface area (TPSA) is 94.0 Å². The molecule has 0 aliphatic rings. The molecular formula is C10H14N6O2S. The molecule has 0 aliphatic carbocycles. The fourth-order valence-electron chi connectivity index (χ4n) is 1.62. The smallest absolute Gasteiger partial charge is 0.320 e. The summed E-state index contributed by atoms with van der Waals surface area (Å²) >= 11 is 1.11. The van der Waals surface area contributed by atoms with Crippen molar-refractivity contribution in [3.63, 3.8) is 0 Å². The van der Waals surface area contributed by atoms with Gasteiger partial charge in [-0.25, -0.2) is 4.79 Å². The molecule has 2 heterocycles. The van der Waals surface area contributed by atoms with Gasteiger partial charge in [-0.2, -0.15) is 5.10 Å². The molecule has 2 amide bonds. The number of anilines is 1. The van der Waals surface area contributed by atoms with Gasteiger partial charge in [-0.3, -0.25) is 10.00 Å². The van der Waals surface area contributed by atoms with Crippen molar-refractivity contribution < 1.29 is 9.53 Å². The van der Waals surface area contributed by atoms with Crippen molar-refractivity contribution in [2.24, 2.45) is 7.05 Å². The van der Waals surface area contributed by atoms with E-state index in [9.17, 15) is 4.79 Å². The second-order valence-corrected chi connectivity index (χ2v) is 4.55. The highest BCUT2D eigenvalue weighted by Gasteiger charge is 2.17. The highest BCUT2D eigenvalue weighted by molar-refractivity contribution is 7.10. The van der Waals surface area contributed by atoms with Crippen LogP contribution < -0.4 is 10.6 Å². The summed E-state index contributed by atoms with van der Waals surface area (Å²) < 4.78 is 10.5. The molecule has 0 aromatic carbocycles. The quantitative estimate of drug-likeness (QED) is 0.845. The first-order valence-electron chi connectivity index (χ1n) is 5.52. The summed E-state index contributed by atoms with van der Waals surface area (Å²) in [6.07, 6.45) is 3.16. The summed E-state index contributed by atoms with van der Waals surface area (Å²) in [5, 5.41) is 13.8. The molecule has 2 aromatic rings. The van der Waals surface area contributed by atoms with Crippen molar-refractivity contribution in [3.8, 4) is 0 Å². The Labute approximate surface area is 113 Å². The zero-order valence-corrected chi connectivity index (χ0v) is 11.3. The van der Waals surface area contributed by atoms with Gasteiger partial charge in [0.05, 0.1) is 24.5 Å². The number of urea groups is 1. The van der Waals surface area contributed by atoms with E-state index in [2.05, 4.69) is 25.3 Å². The fourth-order valence-corrected chi connectivity index (χ4v) is 2.04. The average molecular weight is 282 g/mol. The molecule has 0 saturated heterocycles. The lowest BCUT2D eigenvalue weighted by molar-refractivity contribution is 0.165. The molecule has 19 heavy (non-hydrogen) atoms. The minimum Gasteiger partial charge on any atom is -0.382 e. The number of carbonyl (C=O) groups excluding carboxylic acids is 1. The summed E-state index contributed by atoms with van der Waals surface area (Å²) in [4.78, 5) is 11.8. The van der Waals surface area contributed by atoms with Crippen LogP contribution in [0.4, 0.5) is 9.80 Å². The lowest BCUT2D eigenvalue weighted by Gasteiger charge is -2.18. The van der Waals surface area contributed by atoms with E-state index in [1.807, 2.05) is 13.1 Å². The largest absolute Gasteiger partial charge is 0.382 e. The Hall–Kier alpha value is -2.00. The Bertz CT molecular complexity index is 526. The van der Waals surface area contributed by atoms with E-state index < -0.39 is 0 Å². The third kappa shape index (κ3) is 3.48. The number of methoxy groups -OCH3 is 1. The molecule has 0 fully saturated rings. The molecule has 0 bridgehead atoms. The summed E-state index contributed by atoms with van der Waals surface area (Å²) in [5.74, 6) is 0. The zero-order chi connectivity index (χ0) is 13.7. The molecule has 1 unspecified atom stereocenters. The predicted molar refractivity (Wildman–Crippen MR) is 69.9 cm³/mol. The van der Waals surface area contributed by atoms with Gasteiger partial charge in [0.15, 0.2) is 0 Å². The monoisotopic (exact) mass is 282 g/mol. The Morgan fingerprint density at radius 2 is 2.47 bits per heavy atom. The number of carbonyl (C=O) groups is 1.